The van der Waals surface area contributed by atoms with Crippen LogP contribution in [0.2, 0.25) is 5.02 Å². The van der Waals surface area contributed by atoms with Crippen molar-refractivity contribution in [2.24, 2.45) is 0 Å². The number of carbonyl (C=O) groups is 1. The van der Waals surface area contributed by atoms with Crippen molar-refractivity contribution < 1.29 is 26.4 Å². The van der Waals surface area contributed by atoms with Crippen molar-refractivity contribution in [3.8, 4) is 0 Å². The summed E-state index contributed by atoms with van der Waals surface area (Å²) >= 11 is 6.06. The molecule has 0 radical (unpaired) electrons. The minimum Gasteiger partial charge on any atom is -0.319 e. The van der Waals surface area contributed by atoms with Gasteiger partial charge < -0.3 is 5.32 Å². The number of halogens is 4. The highest BCUT2D eigenvalue weighted by Gasteiger charge is 2.29. The standard InChI is InChI=1S/C22H16ClF3N2O3S/c23-17-6-5-15(32(30,31)28-10-9-13-3-1-2-4-14(13)12-28)11-16(17)22(29)27-19-8-7-18(24)20(25)21(19)26/h1-8,11H,9-10,12H2,(H,27,29). The van der Waals surface area contributed by atoms with E-state index in [1.807, 2.05) is 24.3 Å². The molecule has 1 N–H and O–H groups in total. The van der Waals surface area contributed by atoms with Crippen molar-refractivity contribution in [2.75, 3.05) is 11.9 Å². The molecule has 0 aliphatic carbocycles. The first kappa shape index (κ1) is 22.3. The lowest BCUT2D eigenvalue weighted by Crippen LogP contribution is -2.36. The number of nitrogens with zero attached hydrogens (tertiary/aromatic N) is 1. The Morgan fingerprint density at radius 2 is 1.69 bits per heavy atom. The zero-order valence-electron chi connectivity index (χ0n) is 16.4. The van der Waals surface area contributed by atoms with Crippen molar-refractivity contribution in [3.63, 3.8) is 0 Å². The second kappa shape index (κ2) is 8.57. The van der Waals surface area contributed by atoms with Gasteiger partial charge in [-0.05, 0) is 47.9 Å². The fourth-order valence-corrected chi connectivity index (χ4v) is 5.12. The monoisotopic (exact) mass is 480 g/mol. The van der Waals surface area contributed by atoms with Crippen molar-refractivity contribution in [1.82, 2.24) is 4.31 Å². The van der Waals surface area contributed by atoms with Gasteiger partial charge in [-0.25, -0.2) is 21.6 Å². The van der Waals surface area contributed by atoms with E-state index in [-0.39, 0.29) is 28.6 Å². The van der Waals surface area contributed by atoms with Crippen LogP contribution in [0.25, 0.3) is 0 Å². The Bertz CT molecular complexity index is 1330. The molecule has 166 valence electrons. The normalized spacial score (nSPS) is 14.1. The van der Waals surface area contributed by atoms with Crippen molar-refractivity contribution in [1.29, 1.82) is 0 Å². The number of anilines is 1. The zero-order chi connectivity index (χ0) is 23.0. The molecule has 0 saturated heterocycles. The summed E-state index contributed by atoms with van der Waals surface area (Å²) in [5, 5.41) is 2.00. The highest BCUT2D eigenvalue weighted by molar-refractivity contribution is 7.89. The molecular weight excluding hydrogens is 465 g/mol. The number of sulfonamides is 1. The summed E-state index contributed by atoms with van der Waals surface area (Å²) in [5.41, 5.74) is 1.10. The summed E-state index contributed by atoms with van der Waals surface area (Å²) in [6.07, 6.45) is 0.547. The van der Waals surface area contributed by atoms with Gasteiger partial charge >= 0.3 is 0 Å². The van der Waals surface area contributed by atoms with Crippen LogP contribution < -0.4 is 5.32 Å². The van der Waals surface area contributed by atoms with Crippen LogP contribution in [0.15, 0.2) is 59.5 Å². The number of hydrogen-bond acceptors (Lipinski definition) is 3. The first-order valence-corrected chi connectivity index (χ1v) is 11.3. The van der Waals surface area contributed by atoms with Gasteiger partial charge in [-0.1, -0.05) is 35.9 Å². The van der Waals surface area contributed by atoms with Gasteiger partial charge in [0.1, 0.15) is 0 Å². The highest BCUT2D eigenvalue weighted by atomic mass is 35.5. The summed E-state index contributed by atoms with van der Waals surface area (Å²) in [6.45, 7) is 0.451. The highest BCUT2D eigenvalue weighted by Crippen LogP contribution is 2.28. The molecule has 0 fully saturated rings. The molecule has 1 amide bonds. The Labute approximate surface area is 187 Å². The third-order valence-corrected chi connectivity index (χ3v) is 7.37. The number of amides is 1. The summed E-state index contributed by atoms with van der Waals surface area (Å²) in [5.74, 6) is -5.70. The first-order chi connectivity index (χ1) is 15.2. The van der Waals surface area contributed by atoms with E-state index in [1.54, 1.807) is 0 Å². The molecule has 0 atom stereocenters. The topological polar surface area (TPSA) is 66.5 Å². The van der Waals surface area contributed by atoms with Gasteiger partial charge in [-0.3, -0.25) is 4.79 Å². The number of fused-ring (bicyclic) bond motifs is 1. The molecule has 5 nitrogen and oxygen atoms in total. The molecule has 3 aromatic carbocycles. The average molecular weight is 481 g/mol. The van der Waals surface area contributed by atoms with E-state index < -0.39 is 39.1 Å². The van der Waals surface area contributed by atoms with Gasteiger partial charge in [0.25, 0.3) is 5.91 Å². The van der Waals surface area contributed by atoms with Gasteiger partial charge in [0, 0.05) is 13.1 Å². The average Bonchev–Trinajstić information content (AvgIpc) is 2.79. The quantitative estimate of drug-likeness (QED) is 0.548. The Hall–Kier alpha value is -2.88. The van der Waals surface area contributed by atoms with Crippen LogP contribution in [0.5, 0.6) is 0 Å². The first-order valence-electron chi connectivity index (χ1n) is 9.50. The Morgan fingerprint density at radius 1 is 0.969 bits per heavy atom. The minimum atomic E-state index is -3.96. The van der Waals surface area contributed by atoms with Crippen LogP contribution in [-0.2, 0) is 23.0 Å². The smallest absolute Gasteiger partial charge is 0.257 e. The van der Waals surface area contributed by atoms with E-state index in [4.69, 9.17) is 11.6 Å². The number of rotatable bonds is 4. The van der Waals surface area contributed by atoms with E-state index in [1.165, 1.54) is 16.4 Å². The van der Waals surface area contributed by atoms with E-state index in [0.29, 0.717) is 12.5 Å². The lowest BCUT2D eigenvalue weighted by molar-refractivity contribution is 0.102. The Balaban J connectivity index is 1.63. The summed E-state index contributed by atoms with van der Waals surface area (Å²) in [4.78, 5) is 12.4. The molecular formula is C22H16ClF3N2O3S. The lowest BCUT2D eigenvalue weighted by atomic mass is 10.0. The fraction of sp³-hybridized carbons (Fsp3) is 0.136. The molecule has 1 aliphatic heterocycles. The van der Waals surface area contributed by atoms with Crippen LogP contribution in [-0.4, -0.2) is 25.2 Å². The van der Waals surface area contributed by atoms with Gasteiger partial charge in [0.15, 0.2) is 17.5 Å². The van der Waals surface area contributed by atoms with E-state index in [9.17, 15) is 26.4 Å². The Kier molecular flexibility index (Phi) is 5.98. The van der Waals surface area contributed by atoms with Crippen molar-refractivity contribution >= 4 is 33.2 Å². The molecule has 1 aliphatic rings. The minimum absolute atomic E-state index is 0.0894. The molecule has 0 bridgehead atoms. The van der Waals surface area contributed by atoms with Gasteiger partial charge in [-0.2, -0.15) is 4.31 Å². The van der Waals surface area contributed by atoms with E-state index in [0.717, 1.165) is 23.3 Å². The largest absolute Gasteiger partial charge is 0.319 e. The van der Waals surface area contributed by atoms with Crippen molar-refractivity contribution in [3.05, 3.63) is 93.8 Å². The van der Waals surface area contributed by atoms with Crippen LogP contribution in [0, 0.1) is 17.5 Å². The summed E-state index contributed by atoms with van der Waals surface area (Å²) < 4.78 is 68.1. The second-order valence-corrected chi connectivity index (χ2v) is 9.52. The lowest BCUT2D eigenvalue weighted by Gasteiger charge is -2.28. The van der Waals surface area contributed by atoms with Gasteiger partial charge in [0.05, 0.1) is 21.2 Å². The Morgan fingerprint density at radius 3 is 2.44 bits per heavy atom. The number of hydrogen-bond donors (Lipinski definition) is 1. The van der Waals surface area contributed by atoms with Crippen molar-refractivity contribution in [2.45, 2.75) is 17.9 Å². The van der Waals surface area contributed by atoms with Crippen LogP contribution in [0.3, 0.4) is 0 Å². The molecule has 1 heterocycles. The summed E-state index contributed by atoms with van der Waals surface area (Å²) in [6, 6.07) is 12.6. The second-order valence-electron chi connectivity index (χ2n) is 7.18. The maximum Gasteiger partial charge on any atom is 0.257 e. The maximum atomic E-state index is 13.9. The SMILES string of the molecule is O=C(Nc1ccc(F)c(F)c1F)c1cc(S(=O)(=O)N2CCc3ccccc3C2)ccc1Cl. The predicted molar refractivity (Wildman–Crippen MR) is 113 cm³/mol. The number of benzene rings is 3. The molecule has 4 rings (SSSR count). The maximum absolute atomic E-state index is 13.9. The molecule has 3 aromatic rings. The number of nitrogens with one attached hydrogen (secondary N) is 1. The third-order valence-electron chi connectivity index (χ3n) is 5.20. The third kappa shape index (κ3) is 4.11. The van der Waals surface area contributed by atoms with Crippen LogP contribution in [0.4, 0.5) is 18.9 Å². The van der Waals surface area contributed by atoms with Crippen LogP contribution >= 0.6 is 11.6 Å². The molecule has 0 unspecified atom stereocenters. The zero-order valence-corrected chi connectivity index (χ0v) is 18.0. The number of carbonyl (C=O) groups excluding carboxylic acids is 1. The molecule has 0 aromatic heterocycles. The van der Waals surface area contributed by atoms with Gasteiger partial charge in [0.2, 0.25) is 10.0 Å². The molecule has 10 heteroatoms. The van der Waals surface area contributed by atoms with E-state index >= 15 is 0 Å². The van der Waals surface area contributed by atoms with Crippen LogP contribution in [0.1, 0.15) is 21.5 Å². The van der Waals surface area contributed by atoms with E-state index in [2.05, 4.69) is 5.32 Å². The molecule has 32 heavy (non-hydrogen) atoms. The summed E-state index contributed by atoms with van der Waals surface area (Å²) in [7, 11) is -3.96. The molecule has 0 saturated carbocycles. The fourth-order valence-electron chi connectivity index (χ4n) is 3.48. The molecule has 0 spiro atoms. The van der Waals surface area contributed by atoms with Gasteiger partial charge in [-0.15, -0.1) is 0 Å². The predicted octanol–water partition coefficient (Wildman–Crippen LogP) is 4.76.